The first-order valence-corrected chi connectivity index (χ1v) is 7.13. The molecule has 0 spiro atoms. The minimum atomic E-state index is -3.78. The Morgan fingerprint density at radius 1 is 1.38 bits per heavy atom. The Bertz CT molecular complexity index is 523. The Morgan fingerprint density at radius 2 is 2.06 bits per heavy atom. The van der Waals surface area contributed by atoms with Crippen LogP contribution in [0.3, 0.4) is 0 Å². The van der Waals surface area contributed by atoms with Gasteiger partial charge < -0.3 is 5.32 Å². The molecule has 16 heavy (non-hydrogen) atoms. The average Bonchev–Trinajstić information content (AvgIpc) is 3.00. The van der Waals surface area contributed by atoms with Crippen molar-refractivity contribution >= 4 is 25.6 Å². The van der Waals surface area contributed by atoms with Gasteiger partial charge in [0.2, 0.25) is 0 Å². The standard InChI is InChI=1S/C10H10ClNO3S/c11-16(14,15)9-3-1-2-7(6-9)10(13)12-8-4-5-8/h1-3,6,8H,4-5H2,(H,12,13). The number of carbonyl (C=O) groups is 1. The van der Waals surface area contributed by atoms with Crippen LogP contribution in [-0.2, 0) is 9.05 Å². The second kappa shape index (κ2) is 4.07. The molecule has 1 fully saturated rings. The van der Waals surface area contributed by atoms with E-state index in [4.69, 9.17) is 10.7 Å². The zero-order chi connectivity index (χ0) is 11.8. The number of rotatable bonds is 3. The zero-order valence-corrected chi connectivity index (χ0v) is 9.88. The van der Waals surface area contributed by atoms with Gasteiger partial charge in [-0.1, -0.05) is 6.07 Å². The van der Waals surface area contributed by atoms with E-state index in [9.17, 15) is 13.2 Å². The van der Waals surface area contributed by atoms with Gasteiger partial charge >= 0.3 is 0 Å². The molecule has 1 aliphatic carbocycles. The van der Waals surface area contributed by atoms with Gasteiger partial charge in [0, 0.05) is 22.3 Å². The molecule has 1 saturated carbocycles. The first-order chi connectivity index (χ1) is 7.47. The first kappa shape index (κ1) is 11.4. The lowest BCUT2D eigenvalue weighted by Crippen LogP contribution is -2.25. The van der Waals surface area contributed by atoms with Gasteiger partial charge in [-0.2, -0.15) is 0 Å². The van der Waals surface area contributed by atoms with Gasteiger partial charge in [-0.05, 0) is 31.0 Å². The molecule has 2 rings (SSSR count). The topological polar surface area (TPSA) is 63.2 Å². The molecule has 0 atom stereocenters. The van der Waals surface area contributed by atoms with Crippen LogP contribution in [0, 0.1) is 0 Å². The van der Waals surface area contributed by atoms with Crippen molar-refractivity contribution in [2.45, 2.75) is 23.8 Å². The van der Waals surface area contributed by atoms with Crippen LogP contribution in [0.4, 0.5) is 0 Å². The molecule has 0 unspecified atom stereocenters. The van der Waals surface area contributed by atoms with Gasteiger partial charge in [0.25, 0.3) is 15.0 Å². The number of benzene rings is 1. The van der Waals surface area contributed by atoms with Gasteiger partial charge in [-0.25, -0.2) is 8.42 Å². The van der Waals surface area contributed by atoms with Gasteiger partial charge in [0.05, 0.1) is 4.90 Å². The second-order valence-corrected chi connectivity index (χ2v) is 6.28. The lowest BCUT2D eigenvalue weighted by Gasteiger charge is -2.04. The summed E-state index contributed by atoms with van der Waals surface area (Å²) in [6.45, 7) is 0. The van der Waals surface area contributed by atoms with Crippen LogP contribution in [0.25, 0.3) is 0 Å². The van der Waals surface area contributed by atoms with Crippen molar-refractivity contribution in [3.8, 4) is 0 Å². The Balaban J connectivity index is 2.24. The van der Waals surface area contributed by atoms with Crippen molar-refractivity contribution in [2.24, 2.45) is 0 Å². The Hall–Kier alpha value is -1.07. The van der Waals surface area contributed by atoms with Crippen molar-refractivity contribution in [1.82, 2.24) is 5.32 Å². The summed E-state index contributed by atoms with van der Waals surface area (Å²) >= 11 is 0. The van der Waals surface area contributed by atoms with Crippen molar-refractivity contribution < 1.29 is 13.2 Å². The highest BCUT2D eigenvalue weighted by atomic mass is 35.7. The quantitative estimate of drug-likeness (QED) is 0.837. The van der Waals surface area contributed by atoms with E-state index in [2.05, 4.69) is 5.32 Å². The predicted molar refractivity (Wildman–Crippen MR) is 60.0 cm³/mol. The molecule has 4 nitrogen and oxygen atoms in total. The number of nitrogens with one attached hydrogen (secondary N) is 1. The molecular weight excluding hydrogens is 250 g/mol. The summed E-state index contributed by atoms with van der Waals surface area (Å²) in [4.78, 5) is 11.6. The number of halogens is 1. The fraction of sp³-hybridized carbons (Fsp3) is 0.300. The fourth-order valence-corrected chi connectivity index (χ4v) is 2.08. The molecule has 6 heteroatoms. The maximum absolute atomic E-state index is 11.6. The van der Waals surface area contributed by atoms with E-state index < -0.39 is 9.05 Å². The lowest BCUT2D eigenvalue weighted by atomic mass is 10.2. The van der Waals surface area contributed by atoms with E-state index in [0.29, 0.717) is 5.56 Å². The lowest BCUT2D eigenvalue weighted by molar-refractivity contribution is 0.0951. The highest BCUT2D eigenvalue weighted by molar-refractivity contribution is 8.13. The molecule has 0 aromatic heterocycles. The molecule has 0 saturated heterocycles. The number of hydrogen-bond donors (Lipinski definition) is 1. The van der Waals surface area contributed by atoms with E-state index in [1.807, 2.05) is 0 Å². The number of amides is 1. The van der Waals surface area contributed by atoms with Gasteiger partial charge in [0.1, 0.15) is 0 Å². The molecule has 1 amide bonds. The zero-order valence-electron chi connectivity index (χ0n) is 8.31. The maximum Gasteiger partial charge on any atom is 0.261 e. The average molecular weight is 260 g/mol. The van der Waals surface area contributed by atoms with Gasteiger partial charge in [0.15, 0.2) is 0 Å². The predicted octanol–water partition coefficient (Wildman–Crippen LogP) is 1.51. The summed E-state index contributed by atoms with van der Waals surface area (Å²) in [7, 11) is 1.41. The van der Waals surface area contributed by atoms with Crippen molar-refractivity contribution in [2.75, 3.05) is 0 Å². The van der Waals surface area contributed by atoms with Crippen LogP contribution in [0.2, 0.25) is 0 Å². The molecule has 1 aliphatic rings. The van der Waals surface area contributed by atoms with Crippen molar-refractivity contribution in [3.05, 3.63) is 29.8 Å². The largest absolute Gasteiger partial charge is 0.349 e. The smallest absolute Gasteiger partial charge is 0.261 e. The van der Waals surface area contributed by atoms with E-state index in [1.54, 1.807) is 6.07 Å². The Kier molecular flexibility index (Phi) is 2.90. The maximum atomic E-state index is 11.6. The van der Waals surface area contributed by atoms with Gasteiger partial charge in [-0.15, -0.1) is 0 Å². The minimum Gasteiger partial charge on any atom is -0.349 e. The van der Waals surface area contributed by atoms with Crippen LogP contribution in [0.1, 0.15) is 23.2 Å². The Morgan fingerprint density at radius 3 is 2.62 bits per heavy atom. The molecule has 1 aromatic carbocycles. The fourth-order valence-electron chi connectivity index (χ4n) is 1.29. The molecule has 0 radical (unpaired) electrons. The normalized spacial score (nSPS) is 15.8. The van der Waals surface area contributed by atoms with E-state index in [-0.39, 0.29) is 16.8 Å². The summed E-state index contributed by atoms with van der Waals surface area (Å²) in [6, 6.07) is 5.93. The third kappa shape index (κ3) is 2.74. The van der Waals surface area contributed by atoms with Crippen LogP contribution in [0.5, 0.6) is 0 Å². The molecule has 1 aromatic rings. The van der Waals surface area contributed by atoms with Crippen molar-refractivity contribution in [3.63, 3.8) is 0 Å². The summed E-state index contributed by atoms with van der Waals surface area (Å²) in [5.74, 6) is -0.260. The molecule has 86 valence electrons. The van der Waals surface area contributed by atoms with E-state index >= 15 is 0 Å². The van der Waals surface area contributed by atoms with Crippen molar-refractivity contribution in [1.29, 1.82) is 0 Å². The SMILES string of the molecule is O=C(NC1CC1)c1cccc(S(=O)(=O)Cl)c1. The summed E-state index contributed by atoms with van der Waals surface area (Å²) < 4.78 is 22.2. The molecule has 1 N–H and O–H groups in total. The summed E-state index contributed by atoms with van der Waals surface area (Å²) in [5, 5.41) is 2.77. The van der Waals surface area contributed by atoms with E-state index in [1.165, 1.54) is 18.2 Å². The van der Waals surface area contributed by atoms with Gasteiger partial charge in [-0.3, -0.25) is 4.79 Å². The van der Waals surface area contributed by atoms with Crippen LogP contribution < -0.4 is 5.32 Å². The summed E-state index contributed by atoms with van der Waals surface area (Å²) in [6.07, 6.45) is 1.97. The Labute approximate surface area is 98.0 Å². The monoisotopic (exact) mass is 259 g/mol. The first-order valence-electron chi connectivity index (χ1n) is 4.82. The summed E-state index contributed by atoms with van der Waals surface area (Å²) in [5.41, 5.74) is 0.314. The minimum absolute atomic E-state index is 0.0578. The van der Waals surface area contributed by atoms with Crippen LogP contribution in [-0.4, -0.2) is 20.4 Å². The number of hydrogen-bond acceptors (Lipinski definition) is 3. The third-order valence-corrected chi connectivity index (χ3v) is 3.64. The molecule has 0 aliphatic heterocycles. The highest BCUT2D eigenvalue weighted by Gasteiger charge is 2.24. The molecule has 0 heterocycles. The van der Waals surface area contributed by atoms with E-state index in [0.717, 1.165) is 12.8 Å². The van der Waals surface area contributed by atoms with Crippen LogP contribution >= 0.6 is 10.7 Å². The number of carbonyl (C=O) groups excluding carboxylic acids is 1. The third-order valence-electron chi connectivity index (χ3n) is 2.29. The van der Waals surface area contributed by atoms with Crippen LogP contribution in [0.15, 0.2) is 29.2 Å². The second-order valence-electron chi connectivity index (χ2n) is 3.71. The highest BCUT2D eigenvalue weighted by Crippen LogP contribution is 2.20. The molecular formula is C10H10ClNO3S. The molecule has 0 bridgehead atoms.